The lowest BCUT2D eigenvalue weighted by Crippen LogP contribution is -2.05. The first-order valence-corrected chi connectivity index (χ1v) is 10.6. The van der Waals surface area contributed by atoms with Crippen molar-refractivity contribution in [3.63, 3.8) is 0 Å². The molecular weight excluding hydrogens is 406 g/mol. The number of aliphatic carboxylic acids is 1. The lowest BCUT2D eigenvalue weighted by atomic mass is 9.99. The SMILES string of the molecule is COCCOc1cc(C)c(-c2cccc(OC=C3C=CC(CCC(=O)O)=CC3)n2)c(C)c1. The summed E-state index contributed by atoms with van der Waals surface area (Å²) in [5, 5.41) is 8.80. The van der Waals surface area contributed by atoms with Crippen LogP contribution < -0.4 is 9.47 Å². The van der Waals surface area contributed by atoms with Gasteiger partial charge in [-0.05, 0) is 61.6 Å². The van der Waals surface area contributed by atoms with E-state index in [-0.39, 0.29) is 6.42 Å². The second-order valence-electron chi connectivity index (χ2n) is 7.66. The van der Waals surface area contributed by atoms with Crippen molar-refractivity contribution in [1.29, 1.82) is 0 Å². The Labute approximate surface area is 188 Å². The summed E-state index contributed by atoms with van der Waals surface area (Å²) >= 11 is 0. The summed E-state index contributed by atoms with van der Waals surface area (Å²) in [7, 11) is 1.65. The molecule has 0 unspecified atom stereocenters. The van der Waals surface area contributed by atoms with Gasteiger partial charge in [0.05, 0.1) is 18.6 Å². The Hall–Kier alpha value is -3.38. The van der Waals surface area contributed by atoms with Crippen LogP contribution in [0.5, 0.6) is 11.6 Å². The van der Waals surface area contributed by atoms with Crippen LogP contribution >= 0.6 is 0 Å². The molecule has 3 rings (SSSR count). The molecule has 0 saturated heterocycles. The molecule has 168 valence electrons. The molecule has 1 aliphatic carbocycles. The van der Waals surface area contributed by atoms with Gasteiger partial charge in [0, 0.05) is 25.2 Å². The van der Waals surface area contributed by atoms with Gasteiger partial charge in [-0.2, -0.15) is 0 Å². The third-order valence-electron chi connectivity index (χ3n) is 5.11. The third kappa shape index (κ3) is 6.56. The molecule has 2 aromatic rings. The summed E-state index contributed by atoms with van der Waals surface area (Å²) in [4.78, 5) is 15.4. The summed E-state index contributed by atoms with van der Waals surface area (Å²) in [6.45, 7) is 5.15. The van der Waals surface area contributed by atoms with Crippen LogP contribution in [0.1, 0.15) is 30.4 Å². The standard InChI is InChI=1S/C26H29NO5/c1-18-15-22(31-14-13-30-3)16-19(2)26(18)23-5-4-6-24(27-23)32-17-21-9-7-20(8-10-21)11-12-25(28)29/h4-9,15-17H,10-14H2,1-3H3,(H,28,29). The highest BCUT2D eigenvalue weighted by Gasteiger charge is 2.11. The van der Waals surface area contributed by atoms with Crippen LogP contribution in [0.25, 0.3) is 11.3 Å². The molecule has 0 bridgehead atoms. The second-order valence-corrected chi connectivity index (χ2v) is 7.66. The number of nitrogens with zero attached hydrogens (tertiary/aromatic N) is 1. The number of allylic oxidation sites excluding steroid dienone is 5. The number of hydrogen-bond acceptors (Lipinski definition) is 5. The van der Waals surface area contributed by atoms with E-state index >= 15 is 0 Å². The van der Waals surface area contributed by atoms with Gasteiger partial charge in [-0.15, -0.1) is 0 Å². The van der Waals surface area contributed by atoms with Gasteiger partial charge in [-0.3, -0.25) is 4.79 Å². The monoisotopic (exact) mass is 435 g/mol. The van der Waals surface area contributed by atoms with Gasteiger partial charge >= 0.3 is 5.97 Å². The summed E-state index contributed by atoms with van der Waals surface area (Å²) in [6.07, 6.45) is 9.00. The number of carboxylic acid groups (broad SMARTS) is 1. The third-order valence-corrected chi connectivity index (χ3v) is 5.11. The van der Waals surface area contributed by atoms with Gasteiger partial charge in [0.15, 0.2) is 0 Å². The highest BCUT2D eigenvalue weighted by Crippen LogP contribution is 2.31. The Morgan fingerprint density at radius 1 is 1.16 bits per heavy atom. The van der Waals surface area contributed by atoms with E-state index in [1.165, 1.54) is 0 Å². The molecule has 1 N–H and O–H groups in total. The summed E-state index contributed by atoms with van der Waals surface area (Å²) in [5.74, 6) is 0.551. The zero-order valence-corrected chi connectivity index (χ0v) is 18.8. The fraction of sp³-hybridized carbons (Fsp3) is 0.308. The van der Waals surface area contributed by atoms with E-state index in [1.54, 1.807) is 13.4 Å². The molecule has 6 nitrogen and oxygen atoms in total. The molecule has 1 aliphatic rings. The minimum atomic E-state index is -0.784. The number of carboxylic acids is 1. The average molecular weight is 436 g/mol. The fourth-order valence-electron chi connectivity index (χ4n) is 3.53. The lowest BCUT2D eigenvalue weighted by Gasteiger charge is -2.14. The molecule has 0 radical (unpaired) electrons. The van der Waals surface area contributed by atoms with Crippen molar-refractivity contribution in [2.75, 3.05) is 20.3 Å². The number of aryl methyl sites for hydroxylation is 2. The zero-order valence-electron chi connectivity index (χ0n) is 18.8. The number of ether oxygens (including phenoxy) is 3. The molecule has 0 amide bonds. The van der Waals surface area contributed by atoms with E-state index in [1.807, 2.05) is 62.4 Å². The first-order chi connectivity index (χ1) is 15.5. The number of aromatic nitrogens is 1. The Kier molecular flexibility index (Phi) is 8.22. The number of benzene rings is 1. The quantitative estimate of drug-likeness (QED) is 0.397. The van der Waals surface area contributed by atoms with Crippen molar-refractivity contribution >= 4 is 5.97 Å². The van der Waals surface area contributed by atoms with Gasteiger partial charge in [0.25, 0.3) is 0 Å². The van der Waals surface area contributed by atoms with Crippen LogP contribution in [-0.4, -0.2) is 36.4 Å². The predicted molar refractivity (Wildman–Crippen MR) is 124 cm³/mol. The highest BCUT2D eigenvalue weighted by molar-refractivity contribution is 5.69. The number of pyridine rings is 1. The maximum Gasteiger partial charge on any atom is 0.303 e. The van der Waals surface area contributed by atoms with E-state index < -0.39 is 5.97 Å². The second kappa shape index (κ2) is 11.3. The molecule has 32 heavy (non-hydrogen) atoms. The number of carbonyl (C=O) groups is 1. The van der Waals surface area contributed by atoms with Crippen LogP contribution in [0.3, 0.4) is 0 Å². The zero-order chi connectivity index (χ0) is 22.9. The molecule has 0 spiro atoms. The first-order valence-electron chi connectivity index (χ1n) is 10.6. The largest absolute Gasteiger partial charge is 0.491 e. The van der Waals surface area contributed by atoms with Crippen molar-refractivity contribution in [2.24, 2.45) is 0 Å². The Bertz CT molecular complexity index is 1030. The van der Waals surface area contributed by atoms with Crippen LogP contribution in [0.4, 0.5) is 0 Å². The van der Waals surface area contributed by atoms with E-state index in [4.69, 9.17) is 19.3 Å². The molecule has 0 fully saturated rings. The molecule has 0 atom stereocenters. The Morgan fingerprint density at radius 2 is 1.94 bits per heavy atom. The van der Waals surface area contributed by atoms with Gasteiger partial charge in [0.2, 0.25) is 5.88 Å². The van der Waals surface area contributed by atoms with Crippen molar-refractivity contribution in [2.45, 2.75) is 33.1 Å². The predicted octanol–water partition coefficient (Wildman–Crippen LogP) is 5.40. The lowest BCUT2D eigenvalue weighted by molar-refractivity contribution is -0.136. The summed E-state index contributed by atoms with van der Waals surface area (Å²) < 4.78 is 16.6. The molecule has 0 aliphatic heterocycles. The van der Waals surface area contributed by atoms with Crippen LogP contribution in [0, 0.1) is 13.8 Å². The fourth-order valence-corrected chi connectivity index (χ4v) is 3.53. The summed E-state index contributed by atoms with van der Waals surface area (Å²) in [6, 6.07) is 9.75. The van der Waals surface area contributed by atoms with Crippen LogP contribution in [0.15, 0.2) is 66.0 Å². The Balaban J connectivity index is 1.68. The van der Waals surface area contributed by atoms with Gasteiger partial charge in [-0.25, -0.2) is 4.98 Å². The van der Waals surface area contributed by atoms with E-state index in [2.05, 4.69) is 4.98 Å². The molecule has 6 heteroatoms. The molecule has 1 aromatic heterocycles. The Morgan fingerprint density at radius 3 is 2.59 bits per heavy atom. The normalized spacial score (nSPS) is 14.3. The van der Waals surface area contributed by atoms with Crippen molar-refractivity contribution in [1.82, 2.24) is 4.98 Å². The maximum atomic E-state index is 10.7. The van der Waals surface area contributed by atoms with E-state index in [0.29, 0.717) is 31.9 Å². The van der Waals surface area contributed by atoms with Gasteiger partial charge in [-0.1, -0.05) is 29.9 Å². The molecule has 1 aromatic carbocycles. The minimum absolute atomic E-state index is 0.140. The topological polar surface area (TPSA) is 77.9 Å². The smallest absolute Gasteiger partial charge is 0.303 e. The van der Waals surface area contributed by atoms with Crippen molar-refractivity contribution < 1.29 is 24.1 Å². The maximum absolute atomic E-state index is 10.7. The highest BCUT2D eigenvalue weighted by atomic mass is 16.5. The van der Waals surface area contributed by atoms with Crippen molar-refractivity contribution in [3.8, 4) is 22.9 Å². The molecular formula is C26H29NO5. The minimum Gasteiger partial charge on any atom is -0.491 e. The summed E-state index contributed by atoms with van der Waals surface area (Å²) in [5.41, 5.74) is 6.09. The molecule has 0 saturated carbocycles. The van der Waals surface area contributed by atoms with E-state index in [9.17, 15) is 4.79 Å². The van der Waals surface area contributed by atoms with Gasteiger partial charge in [0.1, 0.15) is 12.4 Å². The van der Waals surface area contributed by atoms with E-state index in [0.717, 1.165) is 39.3 Å². The average Bonchev–Trinajstić information content (AvgIpc) is 2.77. The molecule has 1 heterocycles. The van der Waals surface area contributed by atoms with Crippen LogP contribution in [0.2, 0.25) is 0 Å². The first kappa shape index (κ1) is 23.3. The van der Waals surface area contributed by atoms with Gasteiger partial charge < -0.3 is 19.3 Å². The van der Waals surface area contributed by atoms with Crippen molar-refractivity contribution in [3.05, 3.63) is 77.1 Å². The van der Waals surface area contributed by atoms with Crippen LogP contribution in [-0.2, 0) is 9.53 Å². The number of hydrogen-bond donors (Lipinski definition) is 1. The number of rotatable bonds is 10. The number of methoxy groups -OCH3 is 1.